The number of aromatic nitrogens is 2. The number of hydrogen-bond acceptors (Lipinski definition) is 5. The lowest BCUT2D eigenvalue weighted by Gasteiger charge is -1.98. The second-order valence-electron chi connectivity index (χ2n) is 3.88. The first kappa shape index (κ1) is 11.4. The highest BCUT2D eigenvalue weighted by molar-refractivity contribution is 7.16. The summed E-state index contributed by atoms with van der Waals surface area (Å²) >= 11 is 3.35. The van der Waals surface area contributed by atoms with Gasteiger partial charge in [-0.1, -0.05) is 0 Å². The fourth-order valence-electron chi connectivity index (χ4n) is 1.68. The molecule has 90 valence electrons. The molecule has 0 spiro atoms. The van der Waals surface area contributed by atoms with Crippen molar-refractivity contribution in [3.63, 3.8) is 0 Å². The SMILES string of the molecule is Cc1ccc(-c2csc(-c3cccnc3N)n2)s1. The summed E-state index contributed by atoms with van der Waals surface area (Å²) in [4.78, 5) is 11.2. The molecule has 3 nitrogen and oxygen atoms in total. The fraction of sp³-hybridized carbons (Fsp3) is 0.0769. The third-order valence-electron chi connectivity index (χ3n) is 2.57. The van der Waals surface area contributed by atoms with Crippen LogP contribution < -0.4 is 5.73 Å². The Morgan fingerprint density at radius 1 is 1.22 bits per heavy atom. The van der Waals surface area contributed by atoms with Gasteiger partial charge in [-0.25, -0.2) is 9.97 Å². The summed E-state index contributed by atoms with van der Waals surface area (Å²) in [6.45, 7) is 2.10. The Labute approximate surface area is 113 Å². The summed E-state index contributed by atoms with van der Waals surface area (Å²) in [6.07, 6.45) is 1.69. The summed E-state index contributed by atoms with van der Waals surface area (Å²) < 4.78 is 0. The van der Waals surface area contributed by atoms with Crippen LogP contribution in [0.2, 0.25) is 0 Å². The molecule has 18 heavy (non-hydrogen) atoms. The summed E-state index contributed by atoms with van der Waals surface area (Å²) in [6, 6.07) is 8.04. The lowest BCUT2D eigenvalue weighted by atomic mass is 10.2. The molecule has 0 aliphatic carbocycles. The standard InChI is InChI=1S/C13H11N3S2/c1-8-4-5-11(18-8)10-7-17-13(16-10)9-3-2-6-15-12(9)14/h2-7H,1H3,(H2,14,15). The lowest BCUT2D eigenvalue weighted by Crippen LogP contribution is -1.92. The van der Waals surface area contributed by atoms with Gasteiger partial charge >= 0.3 is 0 Å². The van der Waals surface area contributed by atoms with E-state index in [4.69, 9.17) is 5.73 Å². The first-order valence-electron chi connectivity index (χ1n) is 5.47. The Morgan fingerprint density at radius 3 is 2.83 bits per heavy atom. The first-order chi connectivity index (χ1) is 8.74. The van der Waals surface area contributed by atoms with Crippen LogP contribution in [0.25, 0.3) is 21.1 Å². The van der Waals surface area contributed by atoms with Gasteiger partial charge in [0.1, 0.15) is 10.8 Å². The minimum atomic E-state index is 0.528. The maximum absolute atomic E-state index is 5.86. The molecule has 0 amide bonds. The Bertz CT molecular complexity index is 685. The molecule has 0 saturated heterocycles. The normalized spacial score (nSPS) is 10.7. The van der Waals surface area contributed by atoms with Gasteiger partial charge in [-0.2, -0.15) is 0 Å². The van der Waals surface area contributed by atoms with Crippen LogP contribution in [0.15, 0.2) is 35.8 Å². The molecule has 0 unspecified atom stereocenters. The summed E-state index contributed by atoms with van der Waals surface area (Å²) in [5.41, 5.74) is 7.78. The molecule has 0 aliphatic rings. The van der Waals surface area contributed by atoms with Crippen LogP contribution in [0.5, 0.6) is 0 Å². The molecule has 0 aliphatic heterocycles. The molecule has 0 aromatic carbocycles. The molecule has 3 heterocycles. The van der Waals surface area contributed by atoms with E-state index in [1.807, 2.05) is 12.1 Å². The van der Waals surface area contributed by atoms with Crippen molar-refractivity contribution < 1.29 is 0 Å². The van der Waals surface area contributed by atoms with E-state index in [-0.39, 0.29) is 0 Å². The van der Waals surface area contributed by atoms with Crippen molar-refractivity contribution in [3.05, 3.63) is 40.7 Å². The number of rotatable bonds is 2. The zero-order valence-corrected chi connectivity index (χ0v) is 11.4. The van der Waals surface area contributed by atoms with Gasteiger partial charge in [-0.15, -0.1) is 22.7 Å². The topological polar surface area (TPSA) is 51.8 Å². The van der Waals surface area contributed by atoms with Gasteiger partial charge in [-0.3, -0.25) is 0 Å². The van der Waals surface area contributed by atoms with E-state index in [0.29, 0.717) is 5.82 Å². The van der Waals surface area contributed by atoms with Crippen LogP contribution in [0, 0.1) is 6.92 Å². The van der Waals surface area contributed by atoms with Crippen LogP contribution in [0.3, 0.4) is 0 Å². The number of nitrogens with two attached hydrogens (primary N) is 1. The molecule has 0 fully saturated rings. The van der Waals surface area contributed by atoms with E-state index in [0.717, 1.165) is 16.3 Å². The number of thiophene rings is 1. The monoisotopic (exact) mass is 273 g/mol. The molecule has 3 rings (SSSR count). The van der Waals surface area contributed by atoms with Crippen LogP contribution in [-0.4, -0.2) is 9.97 Å². The molecule has 3 aromatic heterocycles. The number of hydrogen-bond donors (Lipinski definition) is 1. The minimum absolute atomic E-state index is 0.528. The van der Waals surface area contributed by atoms with Gasteiger partial charge in [0.25, 0.3) is 0 Å². The van der Waals surface area contributed by atoms with Gasteiger partial charge in [0.05, 0.1) is 16.1 Å². The van der Waals surface area contributed by atoms with Crippen LogP contribution in [0.1, 0.15) is 4.88 Å². The zero-order valence-electron chi connectivity index (χ0n) is 9.75. The third kappa shape index (κ3) is 2.02. The summed E-state index contributed by atoms with van der Waals surface area (Å²) in [7, 11) is 0. The van der Waals surface area contributed by atoms with E-state index in [2.05, 4.69) is 34.4 Å². The molecule has 0 bridgehead atoms. The van der Waals surface area contributed by atoms with E-state index in [1.165, 1.54) is 9.75 Å². The van der Waals surface area contributed by atoms with Crippen LogP contribution >= 0.6 is 22.7 Å². The minimum Gasteiger partial charge on any atom is -0.383 e. The Balaban J connectivity index is 2.02. The van der Waals surface area contributed by atoms with Gasteiger partial charge in [0.15, 0.2) is 0 Å². The molecule has 3 aromatic rings. The maximum atomic E-state index is 5.86. The largest absolute Gasteiger partial charge is 0.383 e. The number of pyridine rings is 1. The smallest absolute Gasteiger partial charge is 0.133 e. The number of nitrogen functional groups attached to an aromatic ring is 1. The third-order valence-corrected chi connectivity index (χ3v) is 4.46. The Morgan fingerprint density at radius 2 is 2.11 bits per heavy atom. The highest BCUT2D eigenvalue weighted by Crippen LogP contribution is 2.33. The Kier molecular flexibility index (Phi) is 2.85. The molecule has 5 heteroatoms. The molecular formula is C13H11N3S2. The number of nitrogens with zero attached hydrogens (tertiary/aromatic N) is 2. The average Bonchev–Trinajstić information content (AvgIpc) is 2.98. The second kappa shape index (κ2) is 4.51. The quantitative estimate of drug-likeness (QED) is 0.772. The van der Waals surface area contributed by atoms with Gasteiger partial charge in [0, 0.05) is 16.5 Å². The van der Waals surface area contributed by atoms with Crippen molar-refractivity contribution in [1.82, 2.24) is 9.97 Å². The highest BCUT2D eigenvalue weighted by Gasteiger charge is 2.10. The van der Waals surface area contributed by atoms with Crippen molar-refractivity contribution in [3.8, 4) is 21.1 Å². The van der Waals surface area contributed by atoms with E-state index in [1.54, 1.807) is 28.9 Å². The average molecular weight is 273 g/mol. The van der Waals surface area contributed by atoms with E-state index >= 15 is 0 Å². The zero-order chi connectivity index (χ0) is 12.5. The fourth-order valence-corrected chi connectivity index (χ4v) is 3.44. The predicted octanol–water partition coefficient (Wildman–Crippen LogP) is 3.82. The van der Waals surface area contributed by atoms with Crippen molar-refractivity contribution in [1.29, 1.82) is 0 Å². The molecule has 2 N–H and O–H groups in total. The van der Waals surface area contributed by atoms with E-state index < -0.39 is 0 Å². The Hall–Kier alpha value is -1.72. The molecule has 0 saturated carbocycles. The highest BCUT2D eigenvalue weighted by atomic mass is 32.1. The molecule has 0 atom stereocenters. The number of aryl methyl sites for hydroxylation is 1. The molecule has 0 radical (unpaired) electrons. The second-order valence-corrected chi connectivity index (χ2v) is 6.03. The van der Waals surface area contributed by atoms with Crippen LogP contribution in [-0.2, 0) is 0 Å². The van der Waals surface area contributed by atoms with Crippen molar-refractivity contribution >= 4 is 28.5 Å². The maximum Gasteiger partial charge on any atom is 0.133 e. The summed E-state index contributed by atoms with van der Waals surface area (Å²) in [5.74, 6) is 0.528. The van der Waals surface area contributed by atoms with Gasteiger partial charge in [0.2, 0.25) is 0 Å². The number of thiazole rings is 1. The van der Waals surface area contributed by atoms with Crippen molar-refractivity contribution in [2.45, 2.75) is 6.92 Å². The van der Waals surface area contributed by atoms with Gasteiger partial charge in [-0.05, 0) is 31.2 Å². The van der Waals surface area contributed by atoms with Crippen molar-refractivity contribution in [2.24, 2.45) is 0 Å². The molecular weight excluding hydrogens is 262 g/mol. The lowest BCUT2D eigenvalue weighted by molar-refractivity contribution is 1.32. The summed E-state index contributed by atoms with van der Waals surface area (Å²) in [5, 5.41) is 2.98. The number of anilines is 1. The van der Waals surface area contributed by atoms with Crippen LogP contribution in [0.4, 0.5) is 5.82 Å². The van der Waals surface area contributed by atoms with Gasteiger partial charge < -0.3 is 5.73 Å². The predicted molar refractivity (Wildman–Crippen MR) is 77.8 cm³/mol. The van der Waals surface area contributed by atoms with Crippen molar-refractivity contribution in [2.75, 3.05) is 5.73 Å². The van der Waals surface area contributed by atoms with E-state index in [9.17, 15) is 0 Å². The first-order valence-corrected chi connectivity index (χ1v) is 7.17.